The molecular formula is C22H25NO2. The normalized spacial score (nSPS) is 12.3. The average molecular weight is 335 g/mol. The van der Waals surface area contributed by atoms with Crippen LogP contribution < -0.4 is 10.1 Å². The molecule has 25 heavy (non-hydrogen) atoms. The van der Waals surface area contributed by atoms with Crippen molar-refractivity contribution in [3.8, 4) is 5.75 Å². The molecule has 3 heteroatoms. The first kappa shape index (κ1) is 17.5. The summed E-state index contributed by atoms with van der Waals surface area (Å²) in [6.07, 6.45) is -0.369. The van der Waals surface area contributed by atoms with Gasteiger partial charge in [0.2, 0.25) is 0 Å². The van der Waals surface area contributed by atoms with Gasteiger partial charge in [-0.1, -0.05) is 60.2 Å². The molecule has 0 aliphatic heterocycles. The fourth-order valence-electron chi connectivity index (χ4n) is 2.88. The lowest BCUT2D eigenvalue weighted by molar-refractivity contribution is 0.190. The van der Waals surface area contributed by atoms with Gasteiger partial charge in [0.15, 0.2) is 0 Å². The van der Waals surface area contributed by atoms with Crippen molar-refractivity contribution < 1.29 is 9.84 Å². The third-order valence-corrected chi connectivity index (χ3v) is 4.25. The summed E-state index contributed by atoms with van der Waals surface area (Å²) in [6.45, 7) is 5.63. The lowest BCUT2D eigenvalue weighted by atomic mass is 10.0. The van der Waals surface area contributed by atoms with E-state index in [0.29, 0.717) is 19.7 Å². The van der Waals surface area contributed by atoms with E-state index in [2.05, 4.69) is 54.7 Å². The molecule has 2 N–H and O–H groups in total. The summed E-state index contributed by atoms with van der Waals surface area (Å²) in [6, 6.07) is 20.9. The molecule has 0 amide bonds. The number of hydrogen-bond acceptors (Lipinski definition) is 3. The fourth-order valence-corrected chi connectivity index (χ4v) is 2.88. The number of nitrogens with one attached hydrogen (secondary N) is 1. The van der Waals surface area contributed by atoms with Crippen molar-refractivity contribution in [2.24, 2.45) is 0 Å². The van der Waals surface area contributed by atoms with Crippen LogP contribution in [0, 0.1) is 6.92 Å². The van der Waals surface area contributed by atoms with Gasteiger partial charge in [-0.3, -0.25) is 0 Å². The van der Waals surface area contributed by atoms with Crippen LogP contribution in [-0.2, 0) is 13.2 Å². The summed E-state index contributed by atoms with van der Waals surface area (Å²) in [5, 5.41) is 15.2. The molecule has 0 saturated heterocycles. The van der Waals surface area contributed by atoms with E-state index in [4.69, 9.17) is 4.74 Å². The summed E-state index contributed by atoms with van der Waals surface area (Å²) in [5.41, 5.74) is 3.53. The Morgan fingerprint density at radius 2 is 1.76 bits per heavy atom. The molecule has 3 nitrogen and oxygen atoms in total. The molecule has 0 radical (unpaired) electrons. The van der Waals surface area contributed by atoms with Gasteiger partial charge in [-0.2, -0.15) is 0 Å². The Labute approximate surface area is 149 Å². The fraction of sp³-hybridized carbons (Fsp3) is 0.273. The van der Waals surface area contributed by atoms with Crippen molar-refractivity contribution in [2.75, 3.05) is 6.54 Å². The average Bonchev–Trinajstić information content (AvgIpc) is 2.62. The van der Waals surface area contributed by atoms with Crippen LogP contribution in [0.25, 0.3) is 10.8 Å². The lowest BCUT2D eigenvalue weighted by Gasteiger charge is -2.16. The Bertz CT molecular complexity index is 825. The summed E-state index contributed by atoms with van der Waals surface area (Å²) in [5.74, 6) is 0.886. The molecule has 0 fully saturated rings. The highest BCUT2D eigenvalue weighted by Crippen LogP contribution is 2.28. The molecule has 1 atom stereocenters. The zero-order valence-corrected chi connectivity index (χ0v) is 14.8. The molecular weight excluding hydrogens is 310 g/mol. The van der Waals surface area contributed by atoms with Gasteiger partial charge in [0.05, 0.1) is 6.10 Å². The molecule has 3 aromatic carbocycles. The van der Waals surface area contributed by atoms with Crippen molar-refractivity contribution in [3.63, 3.8) is 0 Å². The predicted octanol–water partition coefficient (Wildman–Crippen LogP) is 4.20. The minimum Gasteiger partial charge on any atom is -0.489 e. The first-order valence-electron chi connectivity index (χ1n) is 8.71. The number of benzene rings is 3. The molecule has 0 spiro atoms. The van der Waals surface area contributed by atoms with Crippen LogP contribution in [0.3, 0.4) is 0 Å². The van der Waals surface area contributed by atoms with Gasteiger partial charge in [-0.15, -0.1) is 0 Å². The van der Waals surface area contributed by atoms with Crippen LogP contribution in [0.5, 0.6) is 5.75 Å². The van der Waals surface area contributed by atoms with Gasteiger partial charge < -0.3 is 15.2 Å². The molecule has 0 aliphatic rings. The highest BCUT2D eigenvalue weighted by molar-refractivity contribution is 5.87. The molecule has 0 unspecified atom stereocenters. The van der Waals surface area contributed by atoms with E-state index in [1.165, 1.54) is 16.3 Å². The molecule has 3 aromatic rings. The summed E-state index contributed by atoms with van der Waals surface area (Å²) in [4.78, 5) is 0. The van der Waals surface area contributed by atoms with Gasteiger partial charge in [0, 0.05) is 18.7 Å². The van der Waals surface area contributed by atoms with E-state index < -0.39 is 0 Å². The van der Waals surface area contributed by atoms with Crippen molar-refractivity contribution in [1.82, 2.24) is 5.32 Å². The molecule has 0 aromatic heterocycles. The number of aliphatic hydroxyl groups is 1. The quantitative estimate of drug-likeness (QED) is 0.680. The Hall–Kier alpha value is -2.36. The number of aliphatic hydroxyl groups excluding tert-OH is 1. The van der Waals surface area contributed by atoms with E-state index in [0.717, 1.165) is 16.9 Å². The Kier molecular flexibility index (Phi) is 5.69. The molecule has 0 heterocycles. The smallest absolute Gasteiger partial charge is 0.124 e. The summed E-state index contributed by atoms with van der Waals surface area (Å²) >= 11 is 0. The van der Waals surface area contributed by atoms with Gasteiger partial charge in [0.1, 0.15) is 12.4 Å². The third kappa shape index (κ3) is 4.59. The van der Waals surface area contributed by atoms with Crippen LogP contribution >= 0.6 is 0 Å². The van der Waals surface area contributed by atoms with Crippen LogP contribution in [0.15, 0.2) is 60.7 Å². The van der Waals surface area contributed by atoms with Crippen molar-refractivity contribution in [3.05, 3.63) is 77.4 Å². The minimum atomic E-state index is -0.369. The van der Waals surface area contributed by atoms with Gasteiger partial charge in [-0.25, -0.2) is 0 Å². The largest absolute Gasteiger partial charge is 0.489 e. The minimum absolute atomic E-state index is 0.369. The molecule has 0 saturated carbocycles. The van der Waals surface area contributed by atoms with Crippen molar-refractivity contribution in [2.45, 2.75) is 33.1 Å². The van der Waals surface area contributed by atoms with E-state index >= 15 is 0 Å². The van der Waals surface area contributed by atoms with E-state index in [-0.39, 0.29) is 6.10 Å². The topological polar surface area (TPSA) is 41.5 Å². The van der Waals surface area contributed by atoms with E-state index in [1.54, 1.807) is 6.92 Å². The Morgan fingerprint density at radius 1 is 1.00 bits per heavy atom. The third-order valence-electron chi connectivity index (χ3n) is 4.25. The number of fused-ring (bicyclic) bond motifs is 1. The van der Waals surface area contributed by atoms with Crippen molar-refractivity contribution >= 4 is 10.8 Å². The monoisotopic (exact) mass is 335 g/mol. The van der Waals surface area contributed by atoms with Gasteiger partial charge in [-0.05, 0) is 36.2 Å². The van der Waals surface area contributed by atoms with E-state index in [1.807, 2.05) is 18.2 Å². The van der Waals surface area contributed by atoms with E-state index in [9.17, 15) is 5.11 Å². The SMILES string of the molecule is Cc1ccc(COc2ccc3ccccc3c2CNC[C@H](C)O)cc1. The first-order chi connectivity index (χ1) is 12.1. The second-order valence-electron chi connectivity index (χ2n) is 6.52. The van der Waals surface area contributed by atoms with Crippen LogP contribution in [0.4, 0.5) is 0 Å². The molecule has 130 valence electrons. The molecule has 3 rings (SSSR count). The number of ether oxygens (including phenoxy) is 1. The Balaban J connectivity index is 1.83. The maximum Gasteiger partial charge on any atom is 0.124 e. The van der Waals surface area contributed by atoms with Crippen LogP contribution in [0.1, 0.15) is 23.6 Å². The molecule has 0 aliphatic carbocycles. The van der Waals surface area contributed by atoms with Crippen LogP contribution in [-0.4, -0.2) is 17.8 Å². The zero-order chi connectivity index (χ0) is 17.6. The molecule has 0 bridgehead atoms. The summed E-state index contributed by atoms with van der Waals surface area (Å²) in [7, 11) is 0. The highest BCUT2D eigenvalue weighted by atomic mass is 16.5. The highest BCUT2D eigenvalue weighted by Gasteiger charge is 2.09. The second-order valence-corrected chi connectivity index (χ2v) is 6.52. The zero-order valence-electron chi connectivity index (χ0n) is 14.8. The van der Waals surface area contributed by atoms with Gasteiger partial charge >= 0.3 is 0 Å². The second kappa shape index (κ2) is 8.15. The lowest BCUT2D eigenvalue weighted by Crippen LogP contribution is -2.24. The standard InChI is InChI=1S/C22H25NO2/c1-16-7-9-18(10-8-16)15-25-22-12-11-19-5-3-4-6-20(19)21(22)14-23-13-17(2)24/h3-12,17,23-24H,13-15H2,1-2H3/t17-/m0/s1. The Morgan fingerprint density at radius 3 is 2.52 bits per heavy atom. The predicted molar refractivity (Wildman–Crippen MR) is 103 cm³/mol. The van der Waals surface area contributed by atoms with Gasteiger partial charge in [0.25, 0.3) is 0 Å². The van der Waals surface area contributed by atoms with Crippen LogP contribution in [0.2, 0.25) is 0 Å². The maximum atomic E-state index is 9.49. The first-order valence-corrected chi connectivity index (χ1v) is 8.71. The summed E-state index contributed by atoms with van der Waals surface area (Å²) < 4.78 is 6.13. The maximum absolute atomic E-state index is 9.49. The number of rotatable bonds is 7. The van der Waals surface area contributed by atoms with Crippen molar-refractivity contribution in [1.29, 1.82) is 0 Å². The number of hydrogen-bond donors (Lipinski definition) is 2. The number of aryl methyl sites for hydroxylation is 1.